The number of carbonyl (C=O) groups is 4. The van der Waals surface area contributed by atoms with Crippen LogP contribution in [0.3, 0.4) is 0 Å². The summed E-state index contributed by atoms with van der Waals surface area (Å²) in [6.45, 7) is 0.688. The van der Waals surface area contributed by atoms with Gasteiger partial charge in [0.25, 0.3) is 11.8 Å². The van der Waals surface area contributed by atoms with Gasteiger partial charge in [0.2, 0.25) is 5.88 Å². The van der Waals surface area contributed by atoms with Crippen LogP contribution in [0.15, 0.2) is 92.8 Å². The summed E-state index contributed by atoms with van der Waals surface area (Å²) in [5.74, 6) is -6.13. The number of benzene rings is 2. The third kappa shape index (κ3) is 13.3. The molecule has 3 heterocycles. The van der Waals surface area contributed by atoms with Crippen LogP contribution in [0.25, 0.3) is 11.8 Å². The molecule has 2 amide bonds. The van der Waals surface area contributed by atoms with Crippen LogP contribution in [-0.2, 0) is 34.6 Å². The Balaban J connectivity index is 0.00000378. The van der Waals surface area contributed by atoms with Gasteiger partial charge in [0.1, 0.15) is 31.6 Å². The van der Waals surface area contributed by atoms with Crippen molar-refractivity contribution in [3.8, 4) is 11.6 Å². The van der Waals surface area contributed by atoms with E-state index in [4.69, 9.17) is 0 Å². The maximum absolute atomic E-state index is 13.6. The number of hydrazone groups is 1. The number of carboxylic acid groups (broad SMARTS) is 2. The van der Waals surface area contributed by atoms with Crippen LogP contribution in [0.5, 0.6) is 5.88 Å². The fourth-order valence-electron chi connectivity index (χ4n) is 5.13. The van der Waals surface area contributed by atoms with Crippen LogP contribution >= 0.6 is 0 Å². The molecule has 18 nitrogen and oxygen atoms in total. The summed E-state index contributed by atoms with van der Waals surface area (Å²) in [6, 6.07) is 7.89. The Kier molecular flexibility index (Phi) is 22.4. The first kappa shape index (κ1) is 53.6. The van der Waals surface area contributed by atoms with E-state index in [1.54, 1.807) is 0 Å². The smallest absolute Gasteiger partial charge is 0.744 e. The van der Waals surface area contributed by atoms with Gasteiger partial charge in [-0.3, -0.25) is 9.59 Å². The number of nitrogens with zero attached hydrogens (tertiary/aromatic N) is 5. The number of aromatic hydroxyl groups is 1. The van der Waals surface area contributed by atoms with E-state index in [1.165, 1.54) is 4.90 Å². The Bertz CT molecular complexity index is 2300. The fourth-order valence-corrected chi connectivity index (χ4v) is 6.07. The molecule has 0 aliphatic carbocycles. The van der Waals surface area contributed by atoms with Crippen LogP contribution in [0.2, 0.25) is 0 Å². The number of likely N-dealkylation sites (tertiary alicyclic amines) is 1. The molecule has 5 rings (SSSR count). The van der Waals surface area contributed by atoms with Gasteiger partial charge < -0.3 is 38.9 Å². The molecule has 2 aromatic carbocycles. The Labute approximate surface area is 484 Å². The molecule has 1 fully saturated rings. The fraction of sp³-hybridized carbons (Fsp3) is 0.161. The number of aromatic nitrogens is 2. The van der Waals surface area contributed by atoms with E-state index in [0.717, 1.165) is 83.9 Å². The second-order valence-electron chi connectivity index (χ2n) is 10.9. The molecule has 0 unspecified atom stereocenters. The number of aromatic carboxylic acids is 1. The van der Waals surface area contributed by atoms with Gasteiger partial charge in [-0.1, -0.05) is 0 Å². The van der Waals surface area contributed by atoms with Crippen LogP contribution < -0.4 is 221 Å². The van der Waals surface area contributed by atoms with E-state index in [0.29, 0.717) is 30.9 Å². The van der Waals surface area contributed by atoms with Crippen LogP contribution in [0, 0.1) is 0 Å². The zero-order valence-corrected chi connectivity index (χ0v) is 44.0. The van der Waals surface area contributed by atoms with Gasteiger partial charge in [-0.15, -0.1) is 0 Å². The van der Waals surface area contributed by atoms with Crippen molar-refractivity contribution < 1.29 is 266 Å². The number of carboxylic acids is 2. The third-order valence-electron chi connectivity index (χ3n) is 7.65. The Hall–Kier alpha value is 0.585. The summed E-state index contributed by atoms with van der Waals surface area (Å²) in [7, 11) is -9.64. The Morgan fingerprint density at radius 2 is 1.27 bits per heavy atom. The summed E-state index contributed by atoms with van der Waals surface area (Å²) in [6.07, 6.45) is 6.31. The monoisotopic (exact) mass is 893 g/mol. The van der Waals surface area contributed by atoms with E-state index in [2.05, 4.69) is 10.2 Å². The molecule has 1 N–H and O–H groups in total. The molecule has 0 spiro atoms. The molecule has 0 bridgehead atoms. The molecule has 3 aromatic rings. The number of anilines is 1. The van der Waals surface area contributed by atoms with Crippen molar-refractivity contribution in [1.29, 1.82) is 0 Å². The molecule has 0 radical (unpaired) electrons. The van der Waals surface area contributed by atoms with Crippen LogP contribution in [0.1, 0.15) is 35.3 Å². The van der Waals surface area contributed by atoms with Crippen molar-refractivity contribution in [2.24, 2.45) is 5.10 Å². The largest absolute Gasteiger partial charge is 1.00 e. The van der Waals surface area contributed by atoms with Crippen LogP contribution in [-0.4, -0.2) is 88.3 Å². The minimum atomic E-state index is -4.82. The Morgan fingerprint density at radius 1 is 0.764 bits per heavy atom. The van der Waals surface area contributed by atoms with E-state index in [1.807, 2.05) is 0 Å². The molecular formula is C31H23K4N5O13S2. The van der Waals surface area contributed by atoms with Crippen molar-refractivity contribution in [2.75, 3.05) is 18.1 Å². The van der Waals surface area contributed by atoms with Crippen LogP contribution in [0.4, 0.5) is 5.69 Å². The predicted octanol–water partition coefficient (Wildman–Crippen LogP) is -13.2. The first-order valence-electron chi connectivity index (χ1n) is 14.7. The van der Waals surface area contributed by atoms with E-state index in [9.17, 15) is 60.4 Å². The van der Waals surface area contributed by atoms with Crippen molar-refractivity contribution in [3.63, 3.8) is 0 Å². The molecule has 266 valence electrons. The SMILES string of the molecule is O=C([O-])C1=NN(c2ccc(S(=O)(=O)[O-])cc2)C(=O)C1=CC=C(C=Cc1c(C(=O)[O-])nn(-c2ccc(S(=O)(=O)[O-])cc2)c1O)C(=O)N1CCCCC1.[K+].[K+].[K+].[K+]. The summed E-state index contributed by atoms with van der Waals surface area (Å²) in [5.41, 5.74) is -3.01. The first-order chi connectivity index (χ1) is 24.0. The van der Waals surface area contributed by atoms with E-state index in [-0.39, 0.29) is 222 Å². The Morgan fingerprint density at radius 3 is 1.75 bits per heavy atom. The van der Waals surface area contributed by atoms with E-state index >= 15 is 0 Å². The number of rotatable bonds is 10. The van der Waals surface area contributed by atoms with Crippen molar-refractivity contribution in [3.05, 3.63) is 89.2 Å². The molecule has 2 aliphatic heterocycles. The van der Waals surface area contributed by atoms with Gasteiger partial charge in [0.05, 0.1) is 44.2 Å². The molecular weight excluding hydrogens is 871 g/mol. The second-order valence-corrected chi connectivity index (χ2v) is 13.7. The van der Waals surface area contributed by atoms with Gasteiger partial charge in [-0.25, -0.2) is 21.5 Å². The van der Waals surface area contributed by atoms with Gasteiger partial charge >= 0.3 is 206 Å². The molecule has 1 saturated heterocycles. The molecule has 0 saturated carbocycles. The first-order valence-corrected chi connectivity index (χ1v) is 17.5. The number of piperidine rings is 1. The summed E-state index contributed by atoms with van der Waals surface area (Å²) >= 11 is 0. The molecule has 0 atom stereocenters. The normalized spacial score (nSPS) is 15.4. The topological polar surface area (TPSA) is 286 Å². The number of carbonyl (C=O) groups excluding carboxylic acids is 4. The third-order valence-corrected chi connectivity index (χ3v) is 9.35. The maximum Gasteiger partial charge on any atom is 1.00 e. The van der Waals surface area contributed by atoms with Crippen molar-refractivity contribution in [1.82, 2.24) is 14.7 Å². The van der Waals surface area contributed by atoms with Crippen molar-refractivity contribution in [2.45, 2.75) is 29.1 Å². The predicted molar refractivity (Wildman–Crippen MR) is 167 cm³/mol. The summed E-state index contributed by atoms with van der Waals surface area (Å²) in [5, 5.41) is 43.0. The second kappa shape index (κ2) is 23.0. The standard InChI is InChI=1S/C31H27N5O13S2.4K/c37-27(34-16-2-1-3-17-34)18(4-14-23-25(30(40)41)32-35(28(23)38)19-6-10-21(11-7-19)50(44,45)46)5-15-24-26(31(42)43)33-36(29(24)39)20-8-12-22(13-9-20)51(47,48)49;;;;/h4-15,38H,1-3,16-17H2,(H,40,41)(H,42,43)(H,44,45,46)(H,47,48,49);;;;/q;4*+1/p-4. The average Bonchev–Trinajstić information content (AvgIpc) is 3.60. The zero-order valence-electron chi connectivity index (χ0n) is 29.9. The minimum absolute atomic E-state index is 0. The van der Waals surface area contributed by atoms with Gasteiger partial charge in [0.15, 0.2) is 0 Å². The maximum atomic E-state index is 13.6. The molecule has 55 heavy (non-hydrogen) atoms. The van der Waals surface area contributed by atoms with Gasteiger partial charge in [-0.2, -0.15) is 15.2 Å². The zero-order chi connectivity index (χ0) is 37.2. The number of amides is 2. The quantitative estimate of drug-likeness (QED) is 0.0857. The average molecular weight is 894 g/mol. The van der Waals surface area contributed by atoms with Gasteiger partial charge in [-0.05, 0) is 92.1 Å². The molecule has 1 aromatic heterocycles. The van der Waals surface area contributed by atoms with Gasteiger partial charge in [0, 0.05) is 18.7 Å². The molecule has 24 heteroatoms. The van der Waals surface area contributed by atoms with E-state index < -0.39 is 82.2 Å². The molecule has 2 aliphatic rings. The number of hydrogen-bond acceptors (Lipinski definition) is 15. The number of hydrogen-bond donors (Lipinski definition) is 1. The number of allylic oxidation sites excluding steroid dienone is 2. The number of aliphatic carboxylic acids is 1. The minimum Gasteiger partial charge on any atom is -0.744 e. The summed E-state index contributed by atoms with van der Waals surface area (Å²) in [4.78, 5) is 51.1. The van der Waals surface area contributed by atoms with Crippen molar-refractivity contribution >= 4 is 61.5 Å². The summed E-state index contributed by atoms with van der Waals surface area (Å²) < 4.78 is 68.4.